The molecule has 0 aliphatic heterocycles. The zero-order valence-corrected chi connectivity index (χ0v) is 11.5. The average Bonchev–Trinajstić information content (AvgIpc) is 2.38. The van der Waals surface area contributed by atoms with Crippen LogP contribution in [0, 0.1) is 0 Å². The molecule has 0 saturated carbocycles. The van der Waals surface area contributed by atoms with Crippen LogP contribution >= 0.6 is 0 Å². The Morgan fingerprint density at radius 1 is 1.26 bits per heavy atom. The van der Waals surface area contributed by atoms with Crippen LogP contribution in [0.15, 0.2) is 0 Å². The van der Waals surface area contributed by atoms with Gasteiger partial charge in [-0.05, 0) is 0 Å². The highest BCUT2D eigenvalue weighted by Crippen LogP contribution is 1.93. The molecule has 0 spiro atoms. The Bertz CT molecular complexity index is 274. The van der Waals surface area contributed by atoms with Gasteiger partial charge in [0.2, 0.25) is 0 Å². The van der Waals surface area contributed by atoms with Crippen molar-refractivity contribution in [3.63, 3.8) is 0 Å². The number of nitrogens with one attached hydrogen (secondary N) is 1. The van der Waals surface area contributed by atoms with Crippen LogP contribution < -0.4 is 5.32 Å². The third-order valence-corrected chi connectivity index (χ3v) is 2.35. The van der Waals surface area contributed by atoms with Crippen molar-refractivity contribution in [1.82, 2.24) is 10.2 Å². The van der Waals surface area contributed by atoms with E-state index < -0.39 is 12.0 Å². The van der Waals surface area contributed by atoms with Gasteiger partial charge in [-0.25, -0.2) is 4.79 Å². The fraction of sp³-hybridized carbons (Fsp3) is 0.818. The molecule has 0 aliphatic carbocycles. The molecule has 0 saturated heterocycles. The topological polar surface area (TPSA) is 97.3 Å². The lowest BCUT2D eigenvalue weighted by Crippen LogP contribution is -2.47. The fourth-order valence-electron chi connectivity index (χ4n) is 1.33. The first-order chi connectivity index (χ1) is 9.04. The van der Waals surface area contributed by atoms with Gasteiger partial charge < -0.3 is 29.5 Å². The molecule has 8 nitrogen and oxygen atoms in total. The van der Waals surface area contributed by atoms with E-state index in [0.29, 0.717) is 6.61 Å². The number of rotatable bonds is 10. The van der Waals surface area contributed by atoms with Crippen molar-refractivity contribution in [2.45, 2.75) is 6.10 Å². The maximum Gasteiger partial charge on any atom is 0.323 e. The monoisotopic (exact) mass is 278 g/mol. The second-order valence-electron chi connectivity index (χ2n) is 3.81. The van der Waals surface area contributed by atoms with Crippen LogP contribution in [0.1, 0.15) is 0 Å². The summed E-state index contributed by atoms with van der Waals surface area (Å²) in [7, 11) is 4.52. The quantitative estimate of drug-likeness (QED) is 0.553. The summed E-state index contributed by atoms with van der Waals surface area (Å²) in [4.78, 5) is 23.6. The molecule has 0 aromatic heterocycles. The van der Waals surface area contributed by atoms with Crippen molar-refractivity contribution in [2.24, 2.45) is 0 Å². The van der Waals surface area contributed by atoms with Crippen LogP contribution in [0.2, 0.25) is 0 Å². The van der Waals surface area contributed by atoms with Gasteiger partial charge in [0.05, 0.1) is 19.3 Å². The number of hydrogen-bond donors (Lipinski definition) is 2. The van der Waals surface area contributed by atoms with Crippen LogP contribution in [0.3, 0.4) is 0 Å². The molecule has 1 unspecified atom stereocenters. The van der Waals surface area contributed by atoms with Gasteiger partial charge in [-0.15, -0.1) is 0 Å². The molecular weight excluding hydrogens is 256 g/mol. The second kappa shape index (κ2) is 10.5. The van der Waals surface area contributed by atoms with E-state index in [-0.39, 0.29) is 32.3 Å². The Kier molecular flexibility index (Phi) is 9.77. The predicted octanol–water partition coefficient (Wildman–Crippen LogP) is -0.610. The number of carbonyl (C=O) groups excluding carboxylic acids is 1. The molecule has 0 heterocycles. The molecule has 19 heavy (non-hydrogen) atoms. The first kappa shape index (κ1) is 17.6. The van der Waals surface area contributed by atoms with Crippen molar-refractivity contribution in [2.75, 3.05) is 54.2 Å². The third kappa shape index (κ3) is 8.36. The minimum absolute atomic E-state index is 0.205. The molecule has 0 aliphatic rings. The van der Waals surface area contributed by atoms with Crippen molar-refractivity contribution < 1.29 is 28.9 Å². The van der Waals surface area contributed by atoms with Crippen molar-refractivity contribution in [1.29, 1.82) is 0 Å². The van der Waals surface area contributed by atoms with Crippen LogP contribution in [-0.4, -0.2) is 82.3 Å². The van der Waals surface area contributed by atoms with Crippen LogP contribution in [0.5, 0.6) is 0 Å². The Labute approximate surface area is 112 Å². The first-order valence-corrected chi connectivity index (χ1v) is 5.80. The highest BCUT2D eigenvalue weighted by atomic mass is 16.5. The Balaban J connectivity index is 4.25. The van der Waals surface area contributed by atoms with Crippen LogP contribution in [-0.2, 0) is 19.0 Å². The molecule has 8 heteroatoms. The number of carboxylic acids is 1. The number of nitrogens with zero attached hydrogens (tertiary/aromatic N) is 1. The summed E-state index contributed by atoms with van der Waals surface area (Å²) >= 11 is 0. The summed E-state index contributed by atoms with van der Waals surface area (Å²) in [5.74, 6) is -1.08. The molecule has 0 bridgehead atoms. The largest absolute Gasteiger partial charge is 0.480 e. The summed E-state index contributed by atoms with van der Waals surface area (Å²) in [5.41, 5.74) is 0. The predicted molar refractivity (Wildman–Crippen MR) is 67.2 cm³/mol. The summed E-state index contributed by atoms with van der Waals surface area (Å²) < 4.78 is 14.8. The molecule has 0 radical (unpaired) electrons. The molecule has 0 aromatic carbocycles. The zero-order valence-electron chi connectivity index (χ0n) is 11.5. The fourth-order valence-corrected chi connectivity index (χ4v) is 1.33. The van der Waals surface area contributed by atoms with E-state index in [0.717, 1.165) is 4.90 Å². The van der Waals surface area contributed by atoms with E-state index in [2.05, 4.69) is 5.32 Å². The molecule has 1 atom stereocenters. The molecule has 0 rings (SSSR count). The molecular formula is C11H22N2O6. The van der Waals surface area contributed by atoms with Crippen molar-refractivity contribution in [3.8, 4) is 0 Å². The summed E-state index contributed by atoms with van der Waals surface area (Å²) in [5, 5.41) is 11.3. The average molecular weight is 278 g/mol. The lowest BCUT2D eigenvalue weighted by molar-refractivity contribution is -0.137. The van der Waals surface area contributed by atoms with E-state index in [1.54, 1.807) is 0 Å². The first-order valence-electron chi connectivity index (χ1n) is 5.80. The van der Waals surface area contributed by atoms with Gasteiger partial charge in [0.25, 0.3) is 0 Å². The summed E-state index contributed by atoms with van der Waals surface area (Å²) in [6.45, 7) is 0.681. The van der Waals surface area contributed by atoms with Gasteiger partial charge in [-0.2, -0.15) is 0 Å². The van der Waals surface area contributed by atoms with E-state index >= 15 is 0 Å². The lowest BCUT2D eigenvalue weighted by atomic mass is 10.3. The molecule has 0 aromatic rings. The lowest BCUT2D eigenvalue weighted by Gasteiger charge is -2.22. The van der Waals surface area contributed by atoms with E-state index in [9.17, 15) is 9.59 Å². The molecule has 2 N–H and O–H groups in total. The zero-order chi connectivity index (χ0) is 14.7. The van der Waals surface area contributed by atoms with E-state index in [4.69, 9.17) is 19.3 Å². The third-order valence-electron chi connectivity index (χ3n) is 2.35. The standard InChI is InChI=1S/C11H22N2O6/c1-17-5-4-13(7-10(14)15)11(16)12-6-9(19-3)8-18-2/h9H,4-8H2,1-3H3,(H,12,16)(H,14,15). The van der Waals surface area contributed by atoms with Crippen molar-refractivity contribution in [3.05, 3.63) is 0 Å². The SMILES string of the molecule is COCCN(CC(=O)O)C(=O)NCC(COC)OC. The number of carbonyl (C=O) groups is 2. The number of carboxylic acid groups (broad SMARTS) is 1. The van der Waals surface area contributed by atoms with Crippen LogP contribution in [0.25, 0.3) is 0 Å². The van der Waals surface area contributed by atoms with Crippen molar-refractivity contribution >= 4 is 12.0 Å². The Hall–Kier alpha value is -1.38. The molecule has 2 amide bonds. The number of amides is 2. The van der Waals surface area contributed by atoms with Gasteiger partial charge in [-0.1, -0.05) is 0 Å². The van der Waals surface area contributed by atoms with Gasteiger partial charge in [0.1, 0.15) is 6.54 Å². The number of urea groups is 1. The van der Waals surface area contributed by atoms with Gasteiger partial charge in [0, 0.05) is 34.4 Å². The maximum absolute atomic E-state index is 11.8. The second-order valence-corrected chi connectivity index (χ2v) is 3.81. The summed E-state index contributed by atoms with van der Waals surface area (Å²) in [6.07, 6.45) is -0.275. The Morgan fingerprint density at radius 3 is 2.42 bits per heavy atom. The minimum atomic E-state index is -1.08. The van der Waals surface area contributed by atoms with Gasteiger partial charge in [0.15, 0.2) is 0 Å². The highest BCUT2D eigenvalue weighted by molar-refractivity contribution is 5.80. The van der Waals surface area contributed by atoms with Gasteiger partial charge >= 0.3 is 12.0 Å². The summed E-state index contributed by atoms with van der Waals surface area (Å²) in [6, 6.07) is -0.474. The number of methoxy groups -OCH3 is 3. The molecule has 0 fully saturated rings. The maximum atomic E-state index is 11.8. The van der Waals surface area contributed by atoms with Crippen LogP contribution in [0.4, 0.5) is 4.79 Å². The number of aliphatic carboxylic acids is 1. The van der Waals surface area contributed by atoms with E-state index in [1.165, 1.54) is 21.3 Å². The van der Waals surface area contributed by atoms with Gasteiger partial charge in [-0.3, -0.25) is 4.79 Å². The molecule has 112 valence electrons. The normalized spacial score (nSPS) is 11.9. The Morgan fingerprint density at radius 2 is 1.95 bits per heavy atom. The number of hydrogen-bond acceptors (Lipinski definition) is 5. The highest BCUT2D eigenvalue weighted by Gasteiger charge is 2.17. The minimum Gasteiger partial charge on any atom is -0.480 e. The van der Waals surface area contributed by atoms with E-state index in [1.807, 2.05) is 0 Å². The smallest absolute Gasteiger partial charge is 0.323 e. The number of ether oxygens (including phenoxy) is 3.